The van der Waals surface area contributed by atoms with Crippen molar-refractivity contribution >= 4 is 0 Å². The summed E-state index contributed by atoms with van der Waals surface area (Å²) in [7, 11) is 0. The minimum atomic E-state index is -0.306. The molecule has 4 rings (SSSR count). The van der Waals surface area contributed by atoms with Gasteiger partial charge in [-0.1, -0.05) is 17.3 Å². The number of benzene rings is 1. The third-order valence-corrected chi connectivity index (χ3v) is 3.91. The summed E-state index contributed by atoms with van der Waals surface area (Å²) in [6, 6.07) is 7.61. The zero-order valence-corrected chi connectivity index (χ0v) is 11.6. The van der Waals surface area contributed by atoms with Gasteiger partial charge in [-0.25, -0.2) is 0 Å². The van der Waals surface area contributed by atoms with Gasteiger partial charge in [0.15, 0.2) is 17.6 Å². The van der Waals surface area contributed by atoms with E-state index < -0.39 is 0 Å². The summed E-state index contributed by atoms with van der Waals surface area (Å²) in [5, 5.41) is 7.38. The van der Waals surface area contributed by atoms with E-state index in [0.717, 1.165) is 37.4 Å². The molecule has 1 aromatic carbocycles. The number of ether oxygens (including phenoxy) is 2. The number of aromatic nitrogens is 2. The Morgan fingerprint density at radius 3 is 3.00 bits per heavy atom. The van der Waals surface area contributed by atoms with Crippen LogP contribution in [0.2, 0.25) is 0 Å². The highest BCUT2D eigenvalue weighted by Crippen LogP contribution is 2.35. The lowest BCUT2D eigenvalue weighted by Crippen LogP contribution is -2.22. The van der Waals surface area contributed by atoms with Crippen molar-refractivity contribution in [1.29, 1.82) is 0 Å². The first-order valence-electron chi connectivity index (χ1n) is 7.30. The smallest absolute Gasteiger partial charge is 0.227 e. The lowest BCUT2D eigenvalue weighted by molar-refractivity contribution is 0.0832. The predicted octanol–water partition coefficient (Wildman–Crippen LogP) is 1.73. The van der Waals surface area contributed by atoms with Crippen molar-refractivity contribution in [3.63, 3.8) is 0 Å². The van der Waals surface area contributed by atoms with E-state index in [4.69, 9.17) is 14.0 Å². The molecule has 0 amide bonds. The molecule has 1 aromatic heterocycles. The highest BCUT2D eigenvalue weighted by atomic mass is 16.6. The Hall–Kier alpha value is -2.08. The van der Waals surface area contributed by atoms with Crippen molar-refractivity contribution in [3.8, 4) is 11.5 Å². The molecule has 2 atom stereocenters. The highest BCUT2D eigenvalue weighted by molar-refractivity contribution is 5.40. The molecular weight excluding hydrogens is 270 g/mol. The average Bonchev–Trinajstić information content (AvgIpc) is 3.19. The Bertz CT molecular complexity index is 622. The maximum absolute atomic E-state index is 5.88. The largest absolute Gasteiger partial charge is 0.485 e. The normalized spacial score (nSPS) is 24.2. The number of fused-ring (bicyclic) bond motifs is 1. The number of nitrogens with zero attached hydrogens (tertiary/aromatic N) is 2. The van der Waals surface area contributed by atoms with Gasteiger partial charge in [-0.3, -0.25) is 0 Å². The molecule has 2 aliphatic rings. The van der Waals surface area contributed by atoms with Gasteiger partial charge in [0.1, 0.15) is 6.61 Å². The molecule has 2 unspecified atom stereocenters. The van der Waals surface area contributed by atoms with Crippen LogP contribution in [-0.4, -0.2) is 29.8 Å². The summed E-state index contributed by atoms with van der Waals surface area (Å²) in [5.74, 6) is 3.31. The van der Waals surface area contributed by atoms with Crippen LogP contribution in [0.4, 0.5) is 0 Å². The fourth-order valence-electron chi connectivity index (χ4n) is 2.76. The monoisotopic (exact) mass is 287 g/mol. The molecule has 6 heteroatoms. The fraction of sp³-hybridized carbons (Fsp3) is 0.467. The van der Waals surface area contributed by atoms with E-state index in [1.54, 1.807) is 0 Å². The summed E-state index contributed by atoms with van der Waals surface area (Å²) in [6.07, 6.45) is 1.68. The average molecular weight is 287 g/mol. The van der Waals surface area contributed by atoms with Crippen molar-refractivity contribution in [2.24, 2.45) is 5.92 Å². The van der Waals surface area contributed by atoms with Gasteiger partial charge in [-0.05, 0) is 37.6 Å². The van der Waals surface area contributed by atoms with Gasteiger partial charge in [-0.15, -0.1) is 0 Å². The summed E-state index contributed by atoms with van der Waals surface area (Å²) in [6.45, 7) is 2.50. The predicted molar refractivity (Wildman–Crippen MR) is 74.3 cm³/mol. The Morgan fingerprint density at radius 1 is 1.24 bits per heavy atom. The molecule has 1 N–H and O–H groups in total. The summed E-state index contributed by atoms with van der Waals surface area (Å²) in [4.78, 5) is 4.46. The summed E-state index contributed by atoms with van der Waals surface area (Å²) < 4.78 is 16.9. The van der Waals surface area contributed by atoms with Gasteiger partial charge < -0.3 is 19.3 Å². The van der Waals surface area contributed by atoms with Gasteiger partial charge in [0, 0.05) is 6.42 Å². The lowest BCUT2D eigenvalue weighted by atomic mass is 10.1. The quantitative estimate of drug-likeness (QED) is 0.927. The van der Waals surface area contributed by atoms with Crippen LogP contribution < -0.4 is 14.8 Å². The van der Waals surface area contributed by atoms with Gasteiger partial charge in [0.2, 0.25) is 11.7 Å². The van der Waals surface area contributed by atoms with Gasteiger partial charge >= 0.3 is 0 Å². The van der Waals surface area contributed by atoms with Crippen molar-refractivity contribution in [2.75, 3.05) is 19.7 Å². The van der Waals surface area contributed by atoms with Crippen molar-refractivity contribution < 1.29 is 14.0 Å². The standard InChI is InChI=1S/C15H17N3O3/c1-2-4-12-11(3-1)19-9-13(20-12)15-17-14(21-18-15)7-10-5-6-16-8-10/h1-4,10,13,16H,5-9H2. The van der Waals surface area contributed by atoms with Crippen molar-refractivity contribution in [1.82, 2.24) is 15.5 Å². The number of rotatable bonds is 3. The number of nitrogens with one attached hydrogen (secondary N) is 1. The molecule has 3 heterocycles. The molecule has 21 heavy (non-hydrogen) atoms. The molecule has 1 saturated heterocycles. The number of para-hydroxylation sites is 2. The topological polar surface area (TPSA) is 69.4 Å². The lowest BCUT2D eigenvalue weighted by Gasteiger charge is -2.24. The van der Waals surface area contributed by atoms with Gasteiger partial charge in [0.05, 0.1) is 0 Å². The SMILES string of the molecule is c1ccc2c(c1)OCC(c1noc(CC3CCNC3)n1)O2. The van der Waals surface area contributed by atoms with E-state index in [1.807, 2.05) is 24.3 Å². The summed E-state index contributed by atoms with van der Waals surface area (Å²) in [5.41, 5.74) is 0. The van der Waals surface area contributed by atoms with Crippen LogP contribution in [0.25, 0.3) is 0 Å². The summed E-state index contributed by atoms with van der Waals surface area (Å²) >= 11 is 0. The molecular formula is C15H17N3O3. The minimum Gasteiger partial charge on any atom is -0.485 e. The zero-order chi connectivity index (χ0) is 14.1. The first kappa shape index (κ1) is 12.6. The van der Waals surface area contributed by atoms with E-state index in [-0.39, 0.29) is 6.10 Å². The number of hydrogen-bond donors (Lipinski definition) is 1. The van der Waals surface area contributed by atoms with Gasteiger partial charge in [0.25, 0.3) is 0 Å². The molecule has 0 saturated carbocycles. The highest BCUT2D eigenvalue weighted by Gasteiger charge is 2.27. The third-order valence-electron chi connectivity index (χ3n) is 3.91. The second-order valence-corrected chi connectivity index (χ2v) is 5.47. The Labute approximate surface area is 122 Å². The van der Waals surface area contributed by atoms with Crippen LogP contribution in [0.15, 0.2) is 28.8 Å². The first-order valence-corrected chi connectivity index (χ1v) is 7.30. The fourth-order valence-corrected chi connectivity index (χ4v) is 2.76. The van der Waals surface area contributed by atoms with Crippen molar-refractivity contribution in [3.05, 3.63) is 36.0 Å². The van der Waals surface area contributed by atoms with Crippen LogP contribution in [0.5, 0.6) is 11.5 Å². The zero-order valence-electron chi connectivity index (χ0n) is 11.6. The van der Waals surface area contributed by atoms with Crippen LogP contribution >= 0.6 is 0 Å². The third kappa shape index (κ3) is 2.58. The van der Waals surface area contributed by atoms with E-state index in [2.05, 4.69) is 15.5 Å². The Balaban J connectivity index is 1.46. The second kappa shape index (κ2) is 5.37. The second-order valence-electron chi connectivity index (χ2n) is 5.47. The molecule has 1 fully saturated rings. The van der Waals surface area contributed by atoms with E-state index in [0.29, 0.717) is 24.2 Å². The van der Waals surface area contributed by atoms with Gasteiger partial charge in [-0.2, -0.15) is 4.98 Å². The molecule has 2 aromatic rings. The van der Waals surface area contributed by atoms with E-state index in [9.17, 15) is 0 Å². The molecule has 6 nitrogen and oxygen atoms in total. The Kier molecular flexibility index (Phi) is 3.23. The maximum Gasteiger partial charge on any atom is 0.227 e. The molecule has 110 valence electrons. The molecule has 0 bridgehead atoms. The van der Waals surface area contributed by atoms with Crippen LogP contribution in [0.1, 0.15) is 24.2 Å². The Morgan fingerprint density at radius 2 is 2.14 bits per heavy atom. The van der Waals surface area contributed by atoms with E-state index >= 15 is 0 Å². The van der Waals surface area contributed by atoms with Crippen LogP contribution in [0.3, 0.4) is 0 Å². The van der Waals surface area contributed by atoms with Crippen LogP contribution in [0, 0.1) is 5.92 Å². The first-order chi connectivity index (χ1) is 10.4. The minimum absolute atomic E-state index is 0.306. The van der Waals surface area contributed by atoms with Crippen LogP contribution in [-0.2, 0) is 6.42 Å². The maximum atomic E-state index is 5.88. The molecule has 0 aliphatic carbocycles. The molecule has 0 spiro atoms. The molecule has 2 aliphatic heterocycles. The number of hydrogen-bond acceptors (Lipinski definition) is 6. The van der Waals surface area contributed by atoms with Crippen molar-refractivity contribution in [2.45, 2.75) is 18.9 Å². The van der Waals surface area contributed by atoms with E-state index in [1.165, 1.54) is 0 Å². The molecule has 0 radical (unpaired) electrons.